The summed E-state index contributed by atoms with van der Waals surface area (Å²) in [6.45, 7) is 4.91. The zero-order valence-corrected chi connectivity index (χ0v) is 17.1. The molecule has 7 atom stereocenters. The molecule has 28 heavy (non-hydrogen) atoms. The van der Waals surface area contributed by atoms with Gasteiger partial charge in [-0.2, -0.15) is 0 Å². The van der Waals surface area contributed by atoms with Crippen molar-refractivity contribution in [3.63, 3.8) is 0 Å². The summed E-state index contributed by atoms with van der Waals surface area (Å²) < 4.78 is 0. The molecule has 0 aromatic heterocycles. The van der Waals surface area contributed by atoms with Gasteiger partial charge in [0.05, 0.1) is 11.8 Å². The van der Waals surface area contributed by atoms with E-state index in [1.54, 1.807) is 0 Å². The van der Waals surface area contributed by atoms with Crippen molar-refractivity contribution in [1.29, 1.82) is 0 Å². The molecule has 0 heterocycles. The van der Waals surface area contributed by atoms with E-state index in [0.717, 1.165) is 37.8 Å². The summed E-state index contributed by atoms with van der Waals surface area (Å²) in [7, 11) is 0. The van der Waals surface area contributed by atoms with Crippen LogP contribution < -0.4 is 0 Å². The van der Waals surface area contributed by atoms with Crippen LogP contribution in [0.15, 0.2) is 41.6 Å². The number of fused-ring (bicyclic) bond motifs is 5. The number of oxime groups is 1. The van der Waals surface area contributed by atoms with Crippen molar-refractivity contribution in [3.8, 4) is 0 Å². The zero-order valence-electron chi connectivity index (χ0n) is 17.1. The molecule has 1 aromatic rings. The molecule has 0 saturated heterocycles. The van der Waals surface area contributed by atoms with Gasteiger partial charge in [-0.25, -0.2) is 0 Å². The molecular weight excluding hydrogens is 346 g/mol. The highest BCUT2D eigenvalue weighted by Gasteiger charge is 2.60. The predicted molar refractivity (Wildman–Crippen MR) is 112 cm³/mol. The molecule has 0 aliphatic heterocycles. The second-order valence-corrected chi connectivity index (χ2v) is 10.3. The van der Waals surface area contributed by atoms with Crippen LogP contribution in [0.5, 0.6) is 0 Å². The van der Waals surface area contributed by atoms with E-state index in [2.05, 4.69) is 55.4 Å². The molecule has 3 heteroatoms. The number of aliphatic hydroxyl groups excluding tert-OH is 1. The van der Waals surface area contributed by atoms with E-state index in [0.29, 0.717) is 17.8 Å². The Morgan fingerprint density at radius 2 is 1.82 bits per heavy atom. The number of aliphatic hydroxyl groups is 1. The van der Waals surface area contributed by atoms with Crippen molar-refractivity contribution in [3.05, 3.63) is 42.0 Å². The fraction of sp³-hybridized carbons (Fsp3) is 0.640. The summed E-state index contributed by atoms with van der Waals surface area (Å²) in [5.41, 5.74) is 4.26. The number of rotatable bonds is 1. The Labute approximate surface area is 168 Å². The van der Waals surface area contributed by atoms with Gasteiger partial charge in [0.15, 0.2) is 0 Å². The highest BCUT2D eigenvalue weighted by atomic mass is 16.4. The first kappa shape index (κ1) is 18.4. The quantitative estimate of drug-likeness (QED) is 0.498. The smallest absolute Gasteiger partial charge is 0.0611 e. The van der Waals surface area contributed by atoms with Crippen molar-refractivity contribution in [1.82, 2.24) is 0 Å². The molecule has 0 bridgehead atoms. The summed E-state index contributed by atoms with van der Waals surface area (Å²) in [6.07, 6.45) is 9.53. The fourth-order valence-corrected chi connectivity index (χ4v) is 7.79. The van der Waals surface area contributed by atoms with Crippen molar-refractivity contribution >= 4 is 11.3 Å². The zero-order chi connectivity index (χ0) is 19.5. The third kappa shape index (κ3) is 2.48. The molecule has 3 saturated carbocycles. The topological polar surface area (TPSA) is 52.8 Å². The molecule has 0 amide bonds. The average molecular weight is 380 g/mol. The van der Waals surface area contributed by atoms with E-state index >= 15 is 0 Å². The highest BCUT2D eigenvalue weighted by molar-refractivity contribution is 5.88. The number of nitrogens with zero attached hydrogens (tertiary/aromatic N) is 1. The molecule has 0 unspecified atom stereocenters. The number of allylic oxidation sites excluding steroid dienone is 2. The van der Waals surface area contributed by atoms with Gasteiger partial charge in [-0.1, -0.05) is 55.4 Å². The van der Waals surface area contributed by atoms with Crippen LogP contribution in [0.4, 0.5) is 0 Å². The van der Waals surface area contributed by atoms with E-state index in [-0.39, 0.29) is 22.9 Å². The fourth-order valence-electron chi connectivity index (χ4n) is 7.79. The third-order valence-electron chi connectivity index (χ3n) is 9.25. The number of hydrogen-bond donors (Lipinski definition) is 2. The van der Waals surface area contributed by atoms with Crippen molar-refractivity contribution < 1.29 is 10.3 Å². The molecule has 0 spiro atoms. The minimum Gasteiger partial charge on any atom is -0.411 e. The molecule has 2 N–H and O–H groups in total. The second kappa shape index (κ2) is 6.45. The van der Waals surface area contributed by atoms with E-state index in [4.69, 9.17) is 0 Å². The van der Waals surface area contributed by atoms with Gasteiger partial charge in [0.25, 0.3) is 0 Å². The lowest BCUT2D eigenvalue weighted by molar-refractivity contribution is -0.0751. The van der Waals surface area contributed by atoms with Crippen LogP contribution >= 0.6 is 0 Å². The lowest BCUT2D eigenvalue weighted by atomic mass is 9.44. The maximum absolute atomic E-state index is 10.3. The van der Waals surface area contributed by atoms with Gasteiger partial charge in [-0.15, -0.1) is 0 Å². The minimum atomic E-state index is -0.238. The Kier molecular flexibility index (Phi) is 4.24. The van der Waals surface area contributed by atoms with Gasteiger partial charge in [0, 0.05) is 5.92 Å². The van der Waals surface area contributed by atoms with Crippen molar-refractivity contribution in [2.75, 3.05) is 0 Å². The van der Waals surface area contributed by atoms with Crippen LogP contribution in [0.2, 0.25) is 0 Å². The summed E-state index contributed by atoms with van der Waals surface area (Å²) >= 11 is 0. The van der Waals surface area contributed by atoms with Crippen LogP contribution in [0.25, 0.3) is 5.57 Å². The lowest BCUT2D eigenvalue weighted by Gasteiger charge is -2.60. The summed E-state index contributed by atoms with van der Waals surface area (Å²) in [5, 5.41) is 23.9. The van der Waals surface area contributed by atoms with Crippen LogP contribution in [-0.4, -0.2) is 22.1 Å². The van der Waals surface area contributed by atoms with E-state index < -0.39 is 0 Å². The molecule has 3 fully saturated rings. The second-order valence-electron chi connectivity index (χ2n) is 10.3. The molecule has 5 rings (SSSR count). The Morgan fingerprint density at radius 1 is 1.04 bits per heavy atom. The SMILES string of the molecule is C[C@]12CC[C@H](O)C[C@@H]1/C(=N/O)C[C@@H]1[C@@H]2CC[C@]2(C)C(c3ccccc3)=CC[C@@H]12. The summed E-state index contributed by atoms with van der Waals surface area (Å²) in [5.74, 6) is 2.13. The van der Waals surface area contributed by atoms with Gasteiger partial charge < -0.3 is 10.3 Å². The van der Waals surface area contributed by atoms with E-state index in [9.17, 15) is 10.3 Å². The van der Waals surface area contributed by atoms with Gasteiger partial charge >= 0.3 is 0 Å². The Hall–Kier alpha value is -1.61. The van der Waals surface area contributed by atoms with E-state index in [1.165, 1.54) is 24.0 Å². The first-order chi connectivity index (χ1) is 13.5. The van der Waals surface area contributed by atoms with Gasteiger partial charge in [-0.05, 0) is 84.7 Å². The van der Waals surface area contributed by atoms with Crippen LogP contribution in [0.1, 0.15) is 64.4 Å². The van der Waals surface area contributed by atoms with Crippen molar-refractivity contribution in [2.45, 2.75) is 64.9 Å². The lowest BCUT2D eigenvalue weighted by Crippen LogP contribution is -2.56. The third-order valence-corrected chi connectivity index (χ3v) is 9.25. The largest absolute Gasteiger partial charge is 0.411 e. The average Bonchev–Trinajstić information content (AvgIpc) is 3.06. The van der Waals surface area contributed by atoms with Crippen LogP contribution in [0, 0.1) is 34.5 Å². The number of hydrogen-bond acceptors (Lipinski definition) is 3. The number of benzene rings is 1. The minimum absolute atomic E-state index is 0.167. The highest BCUT2D eigenvalue weighted by Crippen LogP contribution is 2.66. The Morgan fingerprint density at radius 3 is 2.57 bits per heavy atom. The first-order valence-corrected chi connectivity index (χ1v) is 11.1. The molecule has 3 nitrogen and oxygen atoms in total. The molecule has 4 aliphatic carbocycles. The molecule has 1 aromatic carbocycles. The normalized spacial score (nSPS) is 46.5. The standard InChI is InChI=1S/C25H33NO2/c1-24-13-11-21-18(20(24)9-8-19(24)16-6-4-3-5-7-16)15-23(26-28)22-14-17(27)10-12-25(21,22)2/h3-8,17-18,20-22,27-28H,9-15H2,1-2H3/b26-23+/t17-,18-,20-,21-,22+,24+,25+/m0/s1. The Balaban J connectivity index is 1.50. The summed E-state index contributed by atoms with van der Waals surface area (Å²) in [4.78, 5) is 0. The van der Waals surface area contributed by atoms with Crippen molar-refractivity contribution in [2.24, 2.45) is 39.7 Å². The van der Waals surface area contributed by atoms with Gasteiger partial charge in [0.2, 0.25) is 0 Å². The molecule has 0 radical (unpaired) electrons. The monoisotopic (exact) mass is 379 g/mol. The van der Waals surface area contributed by atoms with E-state index in [1.807, 2.05) is 0 Å². The maximum Gasteiger partial charge on any atom is 0.0611 e. The van der Waals surface area contributed by atoms with Crippen LogP contribution in [-0.2, 0) is 0 Å². The summed E-state index contributed by atoms with van der Waals surface area (Å²) in [6, 6.07) is 10.9. The molecule has 4 aliphatic rings. The van der Waals surface area contributed by atoms with Gasteiger partial charge in [0.1, 0.15) is 0 Å². The maximum atomic E-state index is 10.3. The predicted octanol–water partition coefficient (Wildman–Crippen LogP) is 5.52. The first-order valence-electron chi connectivity index (χ1n) is 11.1. The Bertz CT molecular complexity index is 815. The molecular formula is C25H33NO2. The van der Waals surface area contributed by atoms with Crippen LogP contribution in [0.3, 0.4) is 0 Å². The van der Waals surface area contributed by atoms with Gasteiger partial charge in [-0.3, -0.25) is 0 Å². The molecule has 150 valence electrons.